The van der Waals surface area contributed by atoms with E-state index >= 15 is 0 Å². The third kappa shape index (κ3) is 2.62. The van der Waals surface area contributed by atoms with Crippen molar-refractivity contribution in [2.45, 2.75) is 39.0 Å². The van der Waals surface area contributed by atoms with Gasteiger partial charge >= 0.3 is 0 Å². The summed E-state index contributed by atoms with van der Waals surface area (Å²) in [5.41, 5.74) is 11.2. The first-order valence-corrected chi connectivity index (χ1v) is 8.54. The van der Waals surface area contributed by atoms with E-state index in [2.05, 4.69) is 28.9 Å². The van der Waals surface area contributed by atoms with Crippen molar-refractivity contribution in [3.63, 3.8) is 0 Å². The number of rotatable bonds is 3. The van der Waals surface area contributed by atoms with Gasteiger partial charge in [0.2, 0.25) is 0 Å². The average molecular weight is 289 g/mol. The molecule has 1 aromatic heterocycles. The predicted octanol–water partition coefficient (Wildman–Crippen LogP) is 4.29. The van der Waals surface area contributed by atoms with Crippen molar-refractivity contribution in [1.82, 2.24) is 4.98 Å². The van der Waals surface area contributed by atoms with Crippen LogP contribution >= 0.6 is 11.3 Å². The predicted molar refractivity (Wildman–Crippen MR) is 88.5 cm³/mol. The highest BCUT2D eigenvalue weighted by molar-refractivity contribution is 7.16. The molecule has 0 aliphatic carbocycles. The maximum atomic E-state index is 6.34. The zero-order valence-electron chi connectivity index (χ0n) is 12.1. The number of anilines is 2. The highest BCUT2D eigenvalue weighted by Gasteiger charge is 2.19. The van der Waals surface area contributed by atoms with Crippen molar-refractivity contribution < 1.29 is 0 Å². The first kappa shape index (κ1) is 13.7. The van der Waals surface area contributed by atoms with Crippen LogP contribution in [0.25, 0.3) is 10.2 Å². The van der Waals surface area contributed by atoms with Crippen LogP contribution in [-0.2, 0) is 0 Å². The van der Waals surface area contributed by atoms with Crippen molar-refractivity contribution in [3.05, 3.63) is 17.6 Å². The van der Waals surface area contributed by atoms with E-state index in [0.29, 0.717) is 0 Å². The molecule has 0 bridgehead atoms. The van der Waals surface area contributed by atoms with Crippen molar-refractivity contribution in [2.75, 3.05) is 23.7 Å². The second-order valence-corrected chi connectivity index (χ2v) is 6.66. The van der Waals surface area contributed by atoms with Gasteiger partial charge in [-0.1, -0.05) is 19.8 Å². The summed E-state index contributed by atoms with van der Waals surface area (Å²) in [6.07, 6.45) is 6.61. The molecular weight excluding hydrogens is 266 g/mol. The van der Waals surface area contributed by atoms with Crippen LogP contribution in [0.15, 0.2) is 17.6 Å². The maximum Gasteiger partial charge on any atom is 0.106 e. The summed E-state index contributed by atoms with van der Waals surface area (Å²) in [5.74, 6) is 0.897. The fraction of sp³-hybridized carbons (Fsp3) is 0.562. The molecule has 1 fully saturated rings. The van der Waals surface area contributed by atoms with E-state index in [1.807, 2.05) is 5.51 Å². The van der Waals surface area contributed by atoms with Crippen molar-refractivity contribution in [3.8, 4) is 0 Å². The molecule has 108 valence electrons. The molecule has 1 atom stereocenters. The second-order valence-electron chi connectivity index (χ2n) is 5.77. The number of nitrogens with zero attached hydrogens (tertiary/aromatic N) is 2. The van der Waals surface area contributed by atoms with Gasteiger partial charge in [-0.3, -0.25) is 0 Å². The lowest BCUT2D eigenvalue weighted by atomic mass is 9.96. The minimum Gasteiger partial charge on any atom is -0.395 e. The Morgan fingerprint density at radius 3 is 3.10 bits per heavy atom. The summed E-state index contributed by atoms with van der Waals surface area (Å²) in [5, 5.41) is 0. The van der Waals surface area contributed by atoms with Gasteiger partial charge in [0.05, 0.1) is 21.6 Å². The Morgan fingerprint density at radius 1 is 1.35 bits per heavy atom. The van der Waals surface area contributed by atoms with E-state index < -0.39 is 0 Å². The molecule has 1 aliphatic heterocycles. The van der Waals surface area contributed by atoms with Crippen molar-refractivity contribution >= 4 is 32.9 Å². The molecule has 1 unspecified atom stereocenters. The van der Waals surface area contributed by atoms with Gasteiger partial charge in [-0.15, -0.1) is 11.3 Å². The summed E-state index contributed by atoms with van der Waals surface area (Å²) >= 11 is 1.66. The fourth-order valence-corrected chi connectivity index (χ4v) is 4.01. The summed E-state index contributed by atoms with van der Waals surface area (Å²) in [6.45, 7) is 4.54. The average Bonchev–Trinajstić information content (AvgIpc) is 2.82. The lowest BCUT2D eigenvalue weighted by Crippen LogP contribution is -2.25. The van der Waals surface area contributed by atoms with Crippen LogP contribution in [0.4, 0.5) is 11.4 Å². The first-order chi connectivity index (χ1) is 9.79. The quantitative estimate of drug-likeness (QED) is 0.857. The summed E-state index contributed by atoms with van der Waals surface area (Å²) < 4.78 is 1.19. The van der Waals surface area contributed by atoms with Crippen molar-refractivity contribution in [1.29, 1.82) is 0 Å². The number of aromatic nitrogens is 1. The third-order valence-electron chi connectivity index (χ3n) is 4.40. The molecule has 0 saturated carbocycles. The Bertz CT molecular complexity index is 578. The smallest absolute Gasteiger partial charge is 0.106 e. The molecule has 3 rings (SSSR count). The Labute approximate surface area is 124 Å². The number of hydrogen-bond donors (Lipinski definition) is 1. The minimum absolute atomic E-state index is 0.859. The third-order valence-corrected chi connectivity index (χ3v) is 5.20. The molecule has 4 heteroatoms. The SMILES string of the molecule is CCCC1CCCN(c2ccc3scnc3c2N)CC1. The number of nitrogens with two attached hydrogens (primary N) is 1. The van der Waals surface area contributed by atoms with Gasteiger partial charge in [0.25, 0.3) is 0 Å². The lowest BCUT2D eigenvalue weighted by Gasteiger charge is -2.24. The van der Waals surface area contributed by atoms with E-state index in [0.717, 1.165) is 30.2 Å². The van der Waals surface area contributed by atoms with Gasteiger partial charge in [-0.2, -0.15) is 0 Å². The fourth-order valence-electron chi connectivity index (χ4n) is 3.32. The van der Waals surface area contributed by atoms with E-state index in [1.165, 1.54) is 42.5 Å². The van der Waals surface area contributed by atoms with Crippen molar-refractivity contribution in [2.24, 2.45) is 5.92 Å². The van der Waals surface area contributed by atoms with Crippen LogP contribution in [-0.4, -0.2) is 18.1 Å². The van der Waals surface area contributed by atoms with Crippen LogP contribution < -0.4 is 10.6 Å². The van der Waals surface area contributed by atoms with Gasteiger partial charge in [-0.05, 0) is 37.3 Å². The van der Waals surface area contributed by atoms with Crippen LogP contribution in [0.3, 0.4) is 0 Å². The molecular formula is C16H23N3S. The number of benzene rings is 1. The minimum atomic E-state index is 0.859. The van der Waals surface area contributed by atoms with Gasteiger partial charge < -0.3 is 10.6 Å². The highest BCUT2D eigenvalue weighted by atomic mass is 32.1. The topological polar surface area (TPSA) is 42.2 Å². The number of hydrogen-bond acceptors (Lipinski definition) is 4. The molecule has 0 spiro atoms. The van der Waals surface area contributed by atoms with Crippen LogP contribution in [0.5, 0.6) is 0 Å². The molecule has 20 heavy (non-hydrogen) atoms. The molecule has 0 amide bonds. The van der Waals surface area contributed by atoms with E-state index in [-0.39, 0.29) is 0 Å². The lowest BCUT2D eigenvalue weighted by molar-refractivity contribution is 0.435. The van der Waals surface area contributed by atoms with Crippen LogP contribution in [0, 0.1) is 5.92 Å². The molecule has 2 heterocycles. The molecule has 2 N–H and O–H groups in total. The Kier molecular flexibility index (Phi) is 4.10. The molecule has 1 aromatic carbocycles. The number of nitrogen functional groups attached to an aromatic ring is 1. The van der Waals surface area contributed by atoms with Gasteiger partial charge in [0.1, 0.15) is 5.52 Å². The van der Waals surface area contributed by atoms with E-state index in [1.54, 1.807) is 11.3 Å². The standard InChI is InChI=1S/C16H23N3S/c1-2-4-12-5-3-9-19(10-8-12)13-6-7-14-16(15(13)17)18-11-20-14/h6-7,11-12H,2-5,8-10,17H2,1H3. The van der Waals surface area contributed by atoms with E-state index in [9.17, 15) is 0 Å². The maximum absolute atomic E-state index is 6.34. The van der Waals surface area contributed by atoms with Gasteiger partial charge in [0, 0.05) is 13.1 Å². The Balaban J connectivity index is 1.82. The largest absolute Gasteiger partial charge is 0.395 e. The van der Waals surface area contributed by atoms with Gasteiger partial charge in [-0.25, -0.2) is 4.98 Å². The van der Waals surface area contributed by atoms with Gasteiger partial charge in [0.15, 0.2) is 0 Å². The summed E-state index contributed by atoms with van der Waals surface area (Å²) in [4.78, 5) is 6.87. The summed E-state index contributed by atoms with van der Waals surface area (Å²) in [7, 11) is 0. The first-order valence-electron chi connectivity index (χ1n) is 7.66. The monoisotopic (exact) mass is 289 g/mol. The highest BCUT2D eigenvalue weighted by Crippen LogP contribution is 2.34. The zero-order chi connectivity index (χ0) is 13.9. The molecule has 2 aromatic rings. The van der Waals surface area contributed by atoms with Crippen LogP contribution in [0.2, 0.25) is 0 Å². The Hall–Kier alpha value is -1.29. The van der Waals surface area contributed by atoms with Crippen LogP contribution in [0.1, 0.15) is 39.0 Å². The molecule has 3 nitrogen and oxygen atoms in total. The van der Waals surface area contributed by atoms with E-state index in [4.69, 9.17) is 5.73 Å². The second kappa shape index (κ2) is 6.00. The molecule has 1 saturated heterocycles. The molecule has 1 aliphatic rings. The zero-order valence-corrected chi connectivity index (χ0v) is 13.0. The number of fused-ring (bicyclic) bond motifs is 1. The summed E-state index contributed by atoms with van der Waals surface area (Å²) in [6, 6.07) is 4.34. The normalized spacial score (nSPS) is 20.2. The molecule has 0 radical (unpaired) electrons. The number of thiazole rings is 1. The Morgan fingerprint density at radius 2 is 2.25 bits per heavy atom.